The van der Waals surface area contributed by atoms with Crippen molar-refractivity contribution in [3.63, 3.8) is 0 Å². The first kappa shape index (κ1) is 18.0. The zero-order chi connectivity index (χ0) is 15.5. The molecule has 5 heteroatoms. The second kappa shape index (κ2) is 10.7. The van der Waals surface area contributed by atoms with Gasteiger partial charge in [0.15, 0.2) is 0 Å². The fraction of sp³-hybridized carbons (Fsp3) is 0.625. The van der Waals surface area contributed by atoms with Gasteiger partial charge in [0.2, 0.25) is 0 Å². The van der Waals surface area contributed by atoms with E-state index in [-0.39, 0.29) is 12.4 Å². The molecule has 1 rings (SSSR count). The Morgan fingerprint density at radius 2 is 1.71 bits per heavy atom. The molecule has 0 atom stereocenters. The van der Waals surface area contributed by atoms with E-state index >= 15 is 0 Å². The van der Waals surface area contributed by atoms with Crippen molar-refractivity contribution >= 4 is 0 Å². The van der Waals surface area contributed by atoms with E-state index in [1.807, 2.05) is 26.0 Å². The van der Waals surface area contributed by atoms with Gasteiger partial charge in [0, 0.05) is 45.0 Å². The minimum Gasteiger partial charge on any atom is -0.380 e. The van der Waals surface area contributed by atoms with Crippen LogP contribution >= 0.6 is 0 Å². The highest BCUT2D eigenvalue weighted by Crippen LogP contribution is 2.12. The second-order valence-electron chi connectivity index (χ2n) is 4.80. The Hall–Kier alpha value is -1.01. The summed E-state index contributed by atoms with van der Waals surface area (Å²) in [4.78, 5) is 2.25. The van der Waals surface area contributed by atoms with Crippen LogP contribution in [-0.2, 0) is 22.6 Å². The highest BCUT2D eigenvalue weighted by atomic mass is 19.1. The summed E-state index contributed by atoms with van der Waals surface area (Å²) < 4.78 is 24.3. The maximum Gasteiger partial charge on any atom is 0.127 e. The Labute approximate surface area is 127 Å². The third-order valence-corrected chi connectivity index (χ3v) is 3.25. The molecule has 1 aromatic carbocycles. The highest BCUT2D eigenvalue weighted by Gasteiger charge is 2.08. The van der Waals surface area contributed by atoms with Gasteiger partial charge < -0.3 is 15.2 Å². The molecule has 0 aliphatic heterocycles. The lowest BCUT2D eigenvalue weighted by molar-refractivity contribution is 0.0797. The van der Waals surface area contributed by atoms with Crippen LogP contribution in [0.5, 0.6) is 0 Å². The molecule has 0 saturated heterocycles. The van der Waals surface area contributed by atoms with E-state index in [1.54, 1.807) is 0 Å². The summed E-state index contributed by atoms with van der Waals surface area (Å²) in [6.45, 7) is 9.40. The number of nitrogens with two attached hydrogens (primary N) is 1. The molecule has 1 aromatic rings. The molecule has 4 nitrogen and oxygen atoms in total. The fourth-order valence-electron chi connectivity index (χ4n) is 2.09. The van der Waals surface area contributed by atoms with Gasteiger partial charge in [-0.3, -0.25) is 4.90 Å². The van der Waals surface area contributed by atoms with Crippen LogP contribution in [0.4, 0.5) is 4.39 Å². The Kier molecular flexibility index (Phi) is 9.17. The molecule has 0 unspecified atom stereocenters. The fourth-order valence-corrected chi connectivity index (χ4v) is 2.09. The number of hydrogen-bond acceptors (Lipinski definition) is 4. The van der Waals surface area contributed by atoms with Crippen LogP contribution in [-0.4, -0.2) is 44.4 Å². The van der Waals surface area contributed by atoms with Gasteiger partial charge in [-0.05, 0) is 25.5 Å². The summed E-state index contributed by atoms with van der Waals surface area (Å²) in [6, 6.07) is 5.13. The molecule has 0 radical (unpaired) electrons. The van der Waals surface area contributed by atoms with Gasteiger partial charge in [0.1, 0.15) is 5.82 Å². The molecule has 0 saturated carbocycles. The van der Waals surface area contributed by atoms with Crippen molar-refractivity contribution in [3.8, 4) is 0 Å². The predicted molar refractivity (Wildman–Crippen MR) is 82.6 cm³/mol. The van der Waals surface area contributed by atoms with Crippen LogP contribution in [0.1, 0.15) is 25.0 Å². The number of rotatable bonds is 11. The smallest absolute Gasteiger partial charge is 0.127 e. The molecule has 0 heterocycles. The first-order valence-corrected chi connectivity index (χ1v) is 7.56. The number of nitrogens with zero attached hydrogens (tertiary/aromatic N) is 1. The van der Waals surface area contributed by atoms with Crippen LogP contribution in [0.3, 0.4) is 0 Å². The molecule has 2 N–H and O–H groups in total. The Morgan fingerprint density at radius 1 is 1.10 bits per heavy atom. The monoisotopic (exact) mass is 298 g/mol. The van der Waals surface area contributed by atoms with E-state index in [0.717, 1.165) is 25.2 Å². The van der Waals surface area contributed by atoms with Crippen molar-refractivity contribution in [1.82, 2.24) is 4.90 Å². The summed E-state index contributed by atoms with van der Waals surface area (Å²) in [6.07, 6.45) is 0. The zero-order valence-electron chi connectivity index (χ0n) is 13.1. The minimum atomic E-state index is -0.239. The largest absolute Gasteiger partial charge is 0.380 e. The Balaban J connectivity index is 2.60. The van der Waals surface area contributed by atoms with Crippen LogP contribution in [0, 0.1) is 5.82 Å². The third-order valence-electron chi connectivity index (χ3n) is 3.25. The van der Waals surface area contributed by atoms with Gasteiger partial charge in [0.05, 0.1) is 13.2 Å². The van der Waals surface area contributed by atoms with E-state index in [1.165, 1.54) is 6.07 Å². The lowest BCUT2D eigenvalue weighted by atomic mass is 10.1. The highest BCUT2D eigenvalue weighted by molar-refractivity contribution is 5.25. The van der Waals surface area contributed by atoms with Gasteiger partial charge in [-0.25, -0.2) is 4.39 Å². The van der Waals surface area contributed by atoms with E-state index in [9.17, 15) is 4.39 Å². The second-order valence-corrected chi connectivity index (χ2v) is 4.80. The van der Waals surface area contributed by atoms with Crippen LogP contribution < -0.4 is 5.73 Å². The number of benzene rings is 1. The standard InChI is InChI=1S/C16H27FN2O2/c1-3-20-9-7-19(8-10-21-4-2)13-14-5-6-16(17)15(11-14)12-18/h5-6,11H,3-4,7-10,12-13,18H2,1-2H3. The van der Waals surface area contributed by atoms with Crippen molar-refractivity contribution in [2.75, 3.05) is 39.5 Å². The Morgan fingerprint density at radius 3 is 2.24 bits per heavy atom. The normalized spacial score (nSPS) is 11.3. The average Bonchev–Trinajstić information content (AvgIpc) is 2.49. The molecule has 0 aliphatic rings. The maximum atomic E-state index is 13.5. The molecule has 120 valence electrons. The number of hydrogen-bond donors (Lipinski definition) is 1. The zero-order valence-corrected chi connectivity index (χ0v) is 13.1. The molecular weight excluding hydrogens is 271 g/mol. The lowest BCUT2D eigenvalue weighted by Gasteiger charge is -2.22. The minimum absolute atomic E-state index is 0.220. The van der Waals surface area contributed by atoms with E-state index in [2.05, 4.69) is 4.90 Å². The van der Waals surface area contributed by atoms with Crippen molar-refractivity contribution in [1.29, 1.82) is 0 Å². The number of ether oxygens (including phenoxy) is 2. The average molecular weight is 298 g/mol. The summed E-state index contributed by atoms with van der Waals surface area (Å²) >= 11 is 0. The molecule has 0 spiro atoms. The Bertz CT molecular complexity index is 392. The first-order valence-electron chi connectivity index (χ1n) is 7.56. The van der Waals surface area contributed by atoms with Crippen LogP contribution in [0.25, 0.3) is 0 Å². The molecule has 0 aliphatic carbocycles. The maximum absolute atomic E-state index is 13.5. The van der Waals surface area contributed by atoms with Crippen molar-refractivity contribution in [2.24, 2.45) is 5.73 Å². The molecule has 0 amide bonds. The predicted octanol–water partition coefficient (Wildman–Crippen LogP) is 2.16. The third kappa shape index (κ3) is 7.00. The van der Waals surface area contributed by atoms with Crippen LogP contribution in [0.15, 0.2) is 18.2 Å². The van der Waals surface area contributed by atoms with Gasteiger partial charge >= 0.3 is 0 Å². The van der Waals surface area contributed by atoms with Gasteiger partial charge in [-0.2, -0.15) is 0 Å². The summed E-state index contributed by atoms with van der Waals surface area (Å²) in [5.74, 6) is -0.239. The summed E-state index contributed by atoms with van der Waals surface area (Å²) in [5.41, 5.74) is 7.17. The molecule has 21 heavy (non-hydrogen) atoms. The van der Waals surface area contributed by atoms with Crippen molar-refractivity contribution < 1.29 is 13.9 Å². The van der Waals surface area contributed by atoms with Crippen LogP contribution in [0.2, 0.25) is 0 Å². The number of halogens is 1. The van der Waals surface area contributed by atoms with Gasteiger partial charge in [-0.15, -0.1) is 0 Å². The lowest BCUT2D eigenvalue weighted by Crippen LogP contribution is -2.30. The summed E-state index contributed by atoms with van der Waals surface area (Å²) in [7, 11) is 0. The molecule has 0 fully saturated rings. The van der Waals surface area contributed by atoms with E-state index in [0.29, 0.717) is 32.0 Å². The first-order chi connectivity index (χ1) is 10.2. The van der Waals surface area contributed by atoms with Gasteiger partial charge in [-0.1, -0.05) is 12.1 Å². The van der Waals surface area contributed by atoms with E-state index < -0.39 is 0 Å². The SMILES string of the molecule is CCOCCN(CCOCC)Cc1ccc(F)c(CN)c1. The van der Waals surface area contributed by atoms with E-state index in [4.69, 9.17) is 15.2 Å². The van der Waals surface area contributed by atoms with Gasteiger partial charge in [0.25, 0.3) is 0 Å². The van der Waals surface area contributed by atoms with Crippen molar-refractivity contribution in [3.05, 3.63) is 35.1 Å². The molecule has 0 aromatic heterocycles. The topological polar surface area (TPSA) is 47.7 Å². The quantitative estimate of drug-likeness (QED) is 0.636. The molecule has 0 bridgehead atoms. The van der Waals surface area contributed by atoms with Crippen molar-refractivity contribution in [2.45, 2.75) is 26.9 Å². The molecular formula is C16H27FN2O2. The summed E-state index contributed by atoms with van der Waals surface area (Å²) in [5, 5.41) is 0.